The molecule has 0 atom stereocenters. The van der Waals surface area contributed by atoms with Gasteiger partial charge < -0.3 is 5.73 Å². The zero-order valence-electron chi connectivity index (χ0n) is 12.4. The minimum atomic E-state index is -3.73. The highest BCUT2D eigenvalue weighted by molar-refractivity contribution is 7.89. The first-order valence-corrected chi connectivity index (χ1v) is 8.85. The van der Waals surface area contributed by atoms with E-state index in [4.69, 9.17) is 5.73 Å². The lowest BCUT2D eigenvalue weighted by Crippen LogP contribution is -2.49. The summed E-state index contributed by atoms with van der Waals surface area (Å²) in [6.45, 7) is 1.85. The smallest absolute Gasteiger partial charge is 0.240 e. The lowest BCUT2D eigenvalue weighted by molar-refractivity contribution is 0.369. The van der Waals surface area contributed by atoms with Crippen molar-refractivity contribution in [2.24, 2.45) is 5.73 Å². The minimum Gasteiger partial charge on any atom is -0.324 e. The molecule has 6 heteroatoms. The van der Waals surface area contributed by atoms with Gasteiger partial charge in [-0.3, -0.25) is 0 Å². The third kappa shape index (κ3) is 4.25. The summed E-state index contributed by atoms with van der Waals surface area (Å²) in [5.74, 6) is -0.557. The normalized spacial score (nSPS) is 19.2. The Balaban J connectivity index is 2.12. The van der Waals surface area contributed by atoms with Gasteiger partial charge in [0.25, 0.3) is 0 Å². The fourth-order valence-electron chi connectivity index (χ4n) is 2.79. The van der Waals surface area contributed by atoms with Gasteiger partial charge in [0, 0.05) is 12.1 Å². The molecule has 1 saturated carbocycles. The van der Waals surface area contributed by atoms with Gasteiger partial charge in [0.15, 0.2) is 0 Å². The van der Waals surface area contributed by atoms with Crippen molar-refractivity contribution in [3.8, 4) is 0 Å². The number of halogens is 1. The lowest BCUT2D eigenvalue weighted by Gasteiger charge is -2.28. The van der Waals surface area contributed by atoms with Crippen molar-refractivity contribution in [3.05, 3.63) is 29.6 Å². The largest absolute Gasteiger partial charge is 0.324 e. The number of benzene rings is 1. The summed E-state index contributed by atoms with van der Waals surface area (Å²) in [7, 11) is -3.73. The van der Waals surface area contributed by atoms with E-state index >= 15 is 0 Å². The Morgan fingerprint density at radius 3 is 2.48 bits per heavy atom. The first kappa shape index (κ1) is 16.4. The monoisotopic (exact) mass is 314 g/mol. The molecule has 1 fully saturated rings. The van der Waals surface area contributed by atoms with E-state index in [1.54, 1.807) is 6.92 Å². The Kier molecular flexibility index (Phi) is 5.01. The Labute approximate surface area is 126 Å². The van der Waals surface area contributed by atoms with Gasteiger partial charge >= 0.3 is 0 Å². The molecule has 1 aliphatic carbocycles. The highest BCUT2D eigenvalue weighted by Gasteiger charge is 2.28. The third-order valence-corrected chi connectivity index (χ3v) is 5.70. The summed E-state index contributed by atoms with van der Waals surface area (Å²) in [5, 5.41) is 0. The molecule has 2 rings (SSSR count). The summed E-state index contributed by atoms with van der Waals surface area (Å²) >= 11 is 0. The predicted molar refractivity (Wildman–Crippen MR) is 80.9 cm³/mol. The topological polar surface area (TPSA) is 72.2 Å². The maximum absolute atomic E-state index is 13.3. The van der Waals surface area contributed by atoms with Crippen LogP contribution in [0.25, 0.3) is 0 Å². The molecule has 1 aliphatic rings. The van der Waals surface area contributed by atoms with Crippen LogP contribution in [0.3, 0.4) is 0 Å². The first-order chi connectivity index (χ1) is 9.82. The molecule has 0 bridgehead atoms. The molecule has 0 aliphatic heterocycles. The zero-order valence-corrected chi connectivity index (χ0v) is 13.2. The Hall–Kier alpha value is -0.980. The van der Waals surface area contributed by atoms with Gasteiger partial charge in [0.05, 0.1) is 4.90 Å². The number of hydrogen-bond acceptors (Lipinski definition) is 3. The van der Waals surface area contributed by atoms with E-state index < -0.39 is 21.4 Å². The molecule has 0 saturated heterocycles. The van der Waals surface area contributed by atoms with Crippen LogP contribution in [0.2, 0.25) is 0 Å². The van der Waals surface area contributed by atoms with E-state index in [0.717, 1.165) is 44.6 Å². The molecule has 1 aromatic carbocycles. The summed E-state index contributed by atoms with van der Waals surface area (Å²) in [5.41, 5.74) is 6.34. The van der Waals surface area contributed by atoms with Crippen LogP contribution < -0.4 is 10.5 Å². The zero-order chi connectivity index (χ0) is 15.5. The van der Waals surface area contributed by atoms with Crippen LogP contribution in [-0.4, -0.2) is 20.5 Å². The summed E-state index contributed by atoms with van der Waals surface area (Å²) in [6, 6.07) is 3.77. The second-order valence-corrected chi connectivity index (χ2v) is 7.75. The molecule has 0 aromatic heterocycles. The Morgan fingerprint density at radius 1 is 1.24 bits per heavy atom. The molecule has 0 heterocycles. The molecule has 0 spiro atoms. The van der Waals surface area contributed by atoms with E-state index in [9.17, 15) is 12.8 Å². The van der Waals surface area contributed by atoms with Crippen LogP contribution in [0.15, 0.2) is 23.1 Å². The van der Waals surface area contributed by atoms with Gasteiger partial charge in [0.1, 0.15) is 5.82 Å². The van der Waals surface area contributed by atoms with Crippen molar-refractivity contribution in [1.29, 1.82) is 0 Å². The van der Waals surface area contributed by atoms with Crippen molar-refractivity contribution < 1.29 is 12.8 Å². The average molecular weight is 314 g/mol. The molecule has 0 radical (unpaired) electrons. The van der Waals surface area contributed by atoms with E-state index in [1.165, 1.54) is 12.1 Å². The Bertz CT molecular complexity index is 594. The Morgan fingerprint density at radius 2 is 1.86 bits per heavy atom. The van der Waals surface area contributed by atoms with Crippen molar-refractivity contribution >= 4 is 10.0 Å². The molecule has 21 heavy (non-hydrogen) atoms. The summed E-state index contributed by atoms with van der Waals surface area (Å²) < 4.78 is 40.5. The highest BCUT2D eigenvalue weighted by atomic mass is 32.2. The molecule has 0 amide bonds. The number of sulfonamides is 1. The van der Waals surface area contributed by atoms with Crippen LogP contribution in [0, 0.1) is 12.7 Å². The van der Waals surface area contributed by atoms with Gasteiger partial charge in [0.2, 0.25) is 10.0 Å². The molecule has 118 valence electrons. The van der Waals surface area contributed by atoms with Gasteiger partial charge in [-0.1, -0.05) is 31.7 Å². The predicted octanol–water partition coefficient (Wildman–Crippen LogP) is 2.46. The van der Waals surface area contributed by atoms with E-state index in [0.29, 0.717) is 5.56 Å². The van der Waals surface area contributed by atoms with Crippen LogP contribution in [0.5, 0.6) is 0 Å². The van der Waals surface area contributed by atoms with Crippen LogP contribution in [-0.2, 0) is 10.0 Å². The van der Waals surface area contributed by atoms with Crippen LogP contribution in [0.4, 0.5) is 4.39 Å². The first-order valence-electron chi connectivity index (χ1n) is 7.37. The molecular weight excluding hydrogens is 291 g/mol. The average Bonchev–Trinajstić information content (AvgIpc) is 2.65. The minimum absolute atomic E-state index is 0.0141. The fourth-order valence-corrected chi connectivity index (χ4v) is 4.18. The molecule has 1 aromatic rings. The molecule has 0 unspecified atom stereocenters. The number of rotatable bonds is 4. The van der Waals surface area contributed by atoms with Crippen molar-refractivity contribution in [1.82, 2.24) is 4.72 Å². The number of aryl methyl sites for hydroxylation is 1. The lowest BCUT2D eigenvalue weighted by atomic mass is 9.92. The van der Waals surface area contributed by atoms with Gasteiger partial charge in [-0.2, -0.15) is 0 Å². The second kappa shape index (κ2) is 6.42. The quantitative estimate of drug-likeness (QED) is 0.839. The maximum atomic E-state index is 13.3. The number of hydrogen-bond donors (Lipinski definition) is 2. The summed E-state index contributed by atoms with van der Waals surface area (Å²) in [4.78, 5) is -0.0141. The van der Waals surface area contributed by atoms with Gasteiger partial charge in [-0.15, -0.1) is 0 Å². The fraction of sp³-hybridized carbons (Fsp3) is 0.600. The van der Waals surface area contributed by atoms with Crippen LogP contribution in [0.1, 0.15) is 44.1 Å². The van der Waals surface area contributed by atoms with E-state index in [-0.39, 0.29) is 11.4 Å². The summed E-state index contributed by atoms with van der Waals surface area (Å²) in [6.07, 6.45) is 5.98. The SMILES string of the molecule is Cc1ccc(F)cc1S(=O)(=O)NCC1(N)CCCCCC1. The third-order valence-electron chi connectivity index (χ3n) is 4.15. The second-order valence-electron chi connectivity index (χ2n) is 6.01. The number of nitrogens with two attached hydrogens (primary N) is 1. The van der Waals surface area contributed by atoms with Gasteiger partial charge in [-0.05, 0) is 37.5 Å². The molecule has 4 nitrogen and oxygen atoms in total. The van der Waals surface area contributed by atoms with Crippen molar-refractivity contribution in [2.75, 3.05) is 6.54 Å². The van der Waals surface area contributed by atoms with E-state index in [2.05, 4.69) is 4.72 Å². The van der Waals surface area contributed by atoms with Gasteiger partial charge in [-0.25, -0.2) is 17.5 Å². The standard InChI is InChI=1S/C15H23FN2O2S/c1-12-6-7-13(16)10-14(12)21(19,20)18-11-15(17)8-4-2-3-5-9-15/h6-7,10,18H,2-5,8-9,11,17H2,1H3. The number of nitrogens with one attached hydrogen (secondary N) is 1. The van der Waals surface area contributed by atoms with E-state index in [1.807, 2.05) is 0 Å². The molecular formula is C15H23FN2O2S. The molecule has 3 N–H and O–H groups in total. The maximum Gasteiger partial charge on any atom is 0.240 e. The highest BCUT2D eigenvalue weighted by Crippen LogP contribution is 2.25. The van der Waals surface area contributed by atoms with Crippen molar-refractivity contribution in [3.63, 3.8) is 0 Å². The van der Waals surface area contributed by atoms with Crippen LogP contribution >= 0.6 is 0 Å². The van der Waals surface area contributed by atoms with Crippen molar-refractivity contribution in [2.45, 2.75) is 55.9 Å².